The second-order valence-corrected chi connectivity index (χ2v) is 5.93. The lowest BCUT2D eigenvalue weighted by Crippen LogP contribution is -1.93. The molecule has 0 saturated heterocycles. The van der Waals surface area contributed by atoms with Gasteiger partial charge in [0.15, 0.2) is 0 Å². The molecule has 0 atom stereocenters. The Morgan fingerprint density at radius 1 is 1.17 bits per heavy atom. The molecule has 3 aromatic rings. The third kappa shape index (κ3) is 2.44. The van der Waals surface area contributed by atoms with Crippen LogP contribution in [0.15, 0.2) is 53.1 Å². The summed E-state index contributed by atoms with van der Waals surface area (Å²) in [5, 5.41) is 1.11. The van der Waals surface area contributed by atoms with Gasteiger partial charge in [-0.3, -0.25) is 4.98 Å². The van der Waals surface area contributed by atoms with Gasteiger partial charge in [0.25, 0.3) is 0 Å². The Balaban J connectivity index is 1.77. The summed E-state index contributed by atoms with van der Waals surface area (Å²) in [5.74, 6) is 0.758. The number of aliphatic imine (C=N–C) groups is 1. The Kier molecular flexibility index (Phi) is 3.34. The average Bonchev–Trinajstić information content (AvgIpc) is 3.24. The van der Waals surface area contributed by atoms with E-state index in [0.29, 0.717) is 0 Å². The van der Waals surface area contributed by atoms with Gasteiger partial charge in [0.2, 0.25) is 0 Å². The number of ether oxygens (including phenoxy) is 1. The molecule has 0 radical (unpaired) electrons. The molecule has 0 unspecified atom stereocenters. The van der Waals surface area contributed by atoms with Crippen LogP contribution in [0, 0.1) is 13.8 Å². The van der Waals surface area contributed by atoms with Crippen LogP contribution in [-0.4, -0.2) is 27.8 Å². The number of pyridine rings is 1. The third-order valence-corrected chi connectivity index (χ3v) is 4.15. The normalized spacial score (nSPS) is 15.9. The number of rotatable bonds is 3. The summed E-state index contributed by atoms with van der Waals surface area (Å²) in [5.41, 5.74) is 7.00. The van der Waals surface area contributed by atoms with Gasteiger partial charge in [0.05, 0.1) is 30.2 Å². The minimum atomic E-state index is 0.758. The van der Waals surface area contributed by atoms with Gasteiger partial charge in [-0.05, 0) is 43.7 Å². The van der Waals surface area contributed by atoms with Crippen LogP contribution in [0.5, 0.6) is 0 Å². The summed E-state index contributed by atoms with van der Waals surface area (Å²) >= 11 is 0. The van der Waals surface area contributed by atoms with Gasteiger partial charge >= 0.3 is 0 Å². The van der Waals surface area contributed by atoms with Crippen molar-refractivity contribution in [2.24, 2.45) is 4.99 Å². The van der Waals surface area contributed by atoms with Gasteiger partial charge < -0.3 is 14.7 Å². The van der Waals surface area contributed by atoms with Crippen LogP contribution in [0.4, 0.5) is 0 Å². The zero-order valence-electron chi connectivity index (χ0n) is 13.8. The monoisotopic (exact) mass is 318 g/mol. The second-order valence-electron chi connectivity index (χ2n) is 5.93. The van der Waals surface area contributed by atoms with Crippen molar-refractivity contribution in [3.63, 3.8) is 0 Å². The molecule has 0 aliphatic carbocycles. The van der Waals surface area contributed by atoms with Crippen LogP contribution in [0.2, 0.25) is 0 Å². The van der Waals surface area contributed by atoms with Crippen molar-refractivity contribution in [3.05, 3.63) is 70.8 Å². The average molecular weight is 318 g/mol. The molecule has 0 bridgehead atoms. The van der Waals surface area contributed by atoms with E-state index in [1.54, 1.807) is 13.3 Å². The Hall–Kier alpha value is -3.08. The first-order valence-electron chi connectivity index (χ1n) is 7.80. The third-order valence-electron chi connectivity index (χ3n) is 4.15. The van der Waals surface area contributed by atoms with E-state index < -0.39 is 0 Å². The largest absolute Gasteiger partial charge is 0.494 e. The van der Waals surface area contributed by atoms with Crippen molar-refractivity contribution >= 4 is 22.7 Å². The van der Waals surface area contributed by atoms with Crippen molar-refractivity contribution in [2.75, 3.05) is 7.11 Å². The molecule has 4 rings (SSSR count). The lowest BCUT2D eigenvalue weighted by molar-refractivity contribution is 0.303. The molecule has 0 saturated carbocycles. The first kappa shape index (κ1) is 14.5. The fourth-order valence-electron chi connectivity index (χ4n) is 2.97. The minimum Gasteiger partial charge on any atom is -0.494 e. The maximum absolute atomic E-state index is 5.51. The van der Waals surface area contributed by atoms with E-state index >= 15 is 0 Å². The lowest BCUT2D eigenvalue weighted by atomic mass is 10.2. The molecule has 1 aliphatic rings. The number of hydrogen-bond acceptors (Lipinski definition) is 3. The van der Waals surface area contributed by atoms with Crippen LogP contribution in [0.1, 0.15) is 22.6 Å². The Morgan fingerprint density at radius 3 is 2.75 bits per heavy atom. The number of aryl methyl sites for hydroxylation is 2. The predicted octanol–water partition coefficient (Wildman–Crippen LogP) is 3.88. The van der Waals surface area contributed by atoms with E-state index in [2.05, 4.69) is 34.0 Å². The molecule has 24 heavy (non-hydrogen) atoms. The summed E-state index contributed by atoms with van der Waals surface area (Å²) in [6.07, 6.45) is 7.58. The van der Waals surface area contributed by atoms with Crippen LogP contribution < -0.4 is 0 Å². The van der Waals surface area contributed by atoms with Crippen molar-refractivity contribution in [2.45, 2.75) is 13.8 Å². The number of hydrogen-bond donors (Lipinski definition) is 2. The molecule has 4 heterocycles. The Morgan fingerprint density at radius 2 is 2.04 bits per heavy atom. The molecule has 2 N–H and O–H groups in total. The number of aromatic amines is 2. The molecule has 0 aromatic carbocycles. The van der Waals surface area contributed by atoms with Gasteiger partial charge in [0.1, 0.15) is 11.5 Å². The van der Waals surface area contributed by atoms with Crippen molar-refractivity contribution in [1.29, 1.82) is 0 Å². The van der Waals surface area contributed by atoms with Gasteiger partial charge in [-0.1, -0.05) is 0 Å². The number of methoxy groups -OCH3 is 1. The number of fused-ring (bicyclic) bond motifs is 1. The van der Waals surface area contributed by atoms with Crippen LogP contribution in [0.3, 0.4) is 0 Å². The number of allylic oxidation sites excluding steroid dienone is 1. The summed E-state index contributed by atoms with van der Waals surface area (Å²) in [7, 11) is 1.67. The molecule has 0 fully saturated rings. The molecule has 1 aliphatic heterocycles. The second kappa shape index (κ2) is 5.53. The van der Waals surface area contributed by atoms with Crippen LogP contribution in [-0.2, 0) is 4.74 Å². The van der Waals surface area contributed by atoms with Crippen molar-refractivity contribution < 1.29 is 4.74 Å². The van der Waals surface area contributed by atoms with E-state index in [4.69, 9.17) is 9.73 Å². The van der Waals surface area contributed by atoms with Crippen molar-refractivity contribution in [3.8, 4) is 0 Å². The maximum Gasteiger partial charge on any atom is 0.146 e. The topological polar surface area (TPSA) is 66.1 Å². The molecule has 3 aromatic heterocycles. The fourth-order valence-corrected chi connectivity index (χ4v) is 2.97. The summed E-state index contributed by atoms with van der Waals surface area (Å²) in [6, 6.07) is 6.17. The first-order chi connectivity index (χ1) is 11.6. The number of nitrogens with zero attached hydrogens (tertiary/aromatic N) is 2. The Bertz CT molecular complexity index is 984. The SMILES string of the molecule is COC1=CC(c2cc3ccncc3[nH]2)=N/C1=C\c1[nH]c(C)cc1C. The summed E-state index contributed by atoms with van der Waals surface area (Å²) in [6.45, 7) is 4.13. The highest BCUT2D eigenvalue weighted by atomic mass is 16.5. The number of nitrogens with one attached hydrogen (secondary N) is 2. The standard InChI is InChI=1S/C19H18N4O/c1-11-6-12(2)21-14(11)8-17-19(24-3)9-16(22-17)15-7-13-4-5-20-10-18(13)23-15/h4-10,21,23H,1-3H3/b17-8-. The number of H-pyrrole nitrogens is 2. The zero-order valence-corrected chi connectivity index (χ0v) is 13.8. The van der Waals surface area contributed by atoms with Crippen LogP contribution in [0.25, 0.3) is 17.0 Å². The first-order valence-corrected chi connectivity index (χ1v) is 7.80. The fraction of sp³-hybridized carbons (Fsp3) is 0.158. The van der Waals surface area contributed by atoms with Crippen molar-refractivity contribution in [1.82, 2.24) is 15.0 Å². The molecular formula is C19H18N4O. The van der Waals surface area contributed by atoms with Crippen LogP contribution >= 0.6 is 0 Å². The zero-order chi connectivity index (χ0) is 16.7. The van der Waals surface area contributed by atoms with E-state index in [1.807, 2.05) is 31.3 Å². The molecule has 0 amide bonds. The highest BCUT2D eigenvalue weighted by Gasteiger charge is 2.18. The highest BCUT2D eigenvalue weighted by Crippen LogP contribution is 2.26. The number of aromatic nitrogens is 3. The van der Waals surface area contributed by atoms with Gasteiger partial charge in [-0.25, -0.2) is 4.99 Å². The van der Waals surface area contributed by atoms with E-state index in [9.17, 15) is 0 Å². The lowest BCUT2D eigenvalue weighted by Gasteiger charge is -2.01. The maximum atomic E-state index is 5.51. The molecule has 0 spiro atoms. The van der Waals surface area contributed by atoms with Gasteiger partial charge in [-0.2, -0.15) is 0 Å². The summed E-state index contributed by atoms with van der Waals surface area (Å²) in [4.78, 5) is 15.6. The molecule has 120 valence electrons. The van der Waals surface area contributed by atoms with E-state index in [-0.39, 0.29) is 0 Å². The Labute approximate surface area is 139 Å². The van der Waals surface area contributed by atoms with Gasteiger partial charge in [0, 0.05) is 29.0 Å². The quantitative estimate of drug-likeness (QED) is 0.769. The summed E-state index contributed by atoms with van der Waals surface area (Å²) < 4.78 is 5.51. The molecule has 5 heteroatoms. The highest BCUT2D eigenvalue weighted by molar-refractivity contribution is 6.13. The van der Waals surface area contributed by atoms with Gasteiger partial charge in [-0.15, -0.1) is 0 Å². The van der Waals surface area contributed by atoms with E-state index in [1.165, 1.54) is 5.56 Å². The van der Waals surface area contributed by atoms with E-state index in [0.717, 1.165) is 45.2 Å². The smallest absolute Gasteiger partial charge is 0.146 e. The molecule has 5 nitrogen and oxygen atoms in total. The minimum absolute atomic E-state index is 0.758. The molecular weight excluding hydrogens is 300 g/mol. The predicted molar refractivity (Wildman–Crippen MR) is 96.0 cm³/mol.